The molecule has 0 N–H and O–H groups in total. The Kier molecular flexibility index (Phi) is 1.71. The van der Waals surface area contributed by atoms with Gasteiger partial charge in [-0.15, -0.1) is 5.10 Å². The fraction of sp³-hybridized carbons (Fsp3) is 0. The van der Waals surface area contributed by atoms with E-state index in [1.54, 1.807) is 24.4 Å². The number of Topliss-reactive ketones (excluding diaryl/α,β-unsaturated/α-hetero) is 1. The number of carbonyl (C=O) groups is 2. The molecule has 4 heteroatoms. The summed E-state index contributed by atoms with van der Waals surface area (Å²) >= 11 is 0. The molecule has 0 saturated carbocycles. The van der Waals surface area contributed by atoms with Crippen LogP contribution in [-0.4, -0.2) is 21.8 Å². The molecule has 0 fully saturated rings. The molecule has 0 radical (unpaired) electrons. The van der Waals surface area contributed by atoms with Crippen molar-refractivity contribution in [1.29, 1.82) is 0 Å². The van der Waals surface area contributed by atoms with Crippen molar-refractivity contribution in [2.45, 2.75) is 0 Å². The van der Waals surface area contributed by atoms with Crippen LogP contribution in [0, 0.1) is 0 Å². The van der Waals surface area contributed by atoms with Crippen LogP contribution in [0.2, 0.25) is 0 Å². The van der Waals surface area contributed by atoms with Crippen molar-refractivity contribution in [3.8, 4) is 0 Å². The average Bonchev–Trinajstić information content (AvgIpc) is 2.33. The van der Waals surface area contributed by atoms with Crippen LogP contribution in [0.1, 0.15) is 15.9 Å². The van der Waals surface area contributed by atoms with Gasteiger partial charge in [-0.25, -0.2) is 0 Å². The van der Waals surface area contributed by atoms with Gasteiger partial charge in [0.2, 0.25) is 11.6 Å². The van der Waals surface area contributed by atoms with Gasteiger partial charge in [0.15, 0.2) is 0 Å². The quantitative estimate of drug-likeness (QED) is 0.617. The second kappa shape index (κ2) is 3.06. The lowest BCUT2D eigenvalue weighted by Crippen LogP contribution is -2.17. The van der Waals surface area contributed by atoms with Crippen LogP contribution < -0.4 is 0 Å². The molecule has 76 valence electrons. The molecule has 16 heavy (non-hydrogen) atoms. The number of benzene rings is 1. The van der Waals surface area contributed by atoms with Crippen LogP contribution in [0.3, 0.4) is 0 Å². The van der Waals surface area contributed by atoms with Crippen molar-refractivity contribution in [2.75, 3.05) is 0 Å². The third-order valence-electron chi connectivity index (χ3n) is 2.58. The smallest absolute Gasteiger partial charge is 0.235 e. The van der Waals surface area contributed by atoms with Gasteiger partial charge in [-0.05, 0) is 17.7 Å². The molecule has 1 aromatic heterocycles. The summed E-state index contributed by atoms with van der Waals surface area (Å²) in [6.07, 6.45) is 4.47. The van der Waals surface area contributed by atoms with Gasteiger partial charge in [0.1, 0.15) is 5.52 Å². The van der Waals surface area contributed by atoms with Gasteiger partial charge in [0, 0.05) is 5.39 Å². The summed E-state index contributed by atoms with van der Waals surface area (Å²) < 4.78 is 0. The maximum absolute atomic E-state index is 11.8. The summed E-state index contributed by atoms with van der Waals surface area (Å²) in [5.74, 6) is -1.02. The van der Waals surface area contributed by atoms with Gasteiger partial charge >= 0.3 is 0 Å². The number of hydrogen-bond acceptors (Lipinski definition) is 4. The molecular weight excluding hydrogens is 204 g/mol. The van der Waals surface area contributed by atoms with Crippen molar-refractivity contribution >= 4 is 28.5 Å². The van der Waals surface area contributed by atoms with E-state index in [1.165, 1.54) is 6.08 Å². The summed E-state index contributed by atoms with van der Waals surface area (Å²) in [7, 11) is 0. The first-order chi connectivity index (χ1) is 7.77. The van der Waals surface area contributed by atoms with E-state index in [0.717, 1.165) is 10.9 Å². The number of fused-ring (bicyclic) bond motifs is 3. The van der Waals surface area contributed by atoms with Crippen molar-refractivity contribution in [3.63, 3.8) is 0 Å². The third kappa shape index (κ3) is 1.10. The van der Waals surface area contributed by atoms with E-state index < -0.39 is 11.6 Å². The Hall–Kier alpha value is -2.36. The first-order valence-corrected chi connectivity index (χ1v) is 4.78. The average molecular weight is 210 g/mol. The standard InChI is InChI=1S/C12H6N2O2/c15-9-4-3-7-1-2-8-5-6-13-14-11(8)10(7)12(9)16/h1-6H. The lowest BCUT2D eigenvalue weighted by molar-refractivity contribution is -0.110. The minimum atomic E-state index is -0.511. The van der Waals surface area contributed by atoms with Crippen LogP contribution in [0.15, 0.2) is 30.5 Å². The molecule has 1 aliphatic rings. The molecular formula is C12H6N2O2. The molecule has 0 amide bonds. The highest BCUT2D eigenvalue weighted by atomic mass is 16.2. The van der Waals surface area contributed by atoms with Crippen molar-refractivity contribution in [3.05, 3.63) is 41.6 Å². The van der Waals surface area contributed by atoms with Crippen LogP contribution in [0.4, 0.5) is 0 Å². The van der Waals surface area contributed by atoms with Gasteiger partial charge < -0.3 is 0 Å². The first kappa shape index (κ1) is 8.91. The Morgan fingerprint density at radius 3 is 2.75 bits per heavy atom. The molecule has 0 bridgehead atoms. The third-order valence-corrected chi connectivity index (χ3v) is 2.58. The van der Waals surface area contributed by atoms with E-state index in [4.69, 9.17) is 0 Å². The molecule has 4 nitrogen and oxygen atoms in total. The van der Waals surface area contributed by atoms with E-state index in [9.17, 15) is 9.59 Å². The molecule has 1 aliphatic carbocycles. The minimum Gasteiger partial charge on any atom is -0.286 e. The van der Waals surface area contributed by atoms with E-state index in [0.29, 0.717) is 11.1 Å². The van der Waals surface area contributed by atoms with Crippen LogP contribution in [0.25, 0.3) is 17.0 Å². The fourth-order valence-electron chi connectivity index (χ4n) is 1.81. The number of carbonyl (C=O) groups excluding carboxylic acids is 2. The van der Waals surface area contributed by atoms with Gasteiger partial charge in [-0.2, -0.15) is 5.10 Å². The summed E-state index contributed by atoms with van der Waals surface area (Å²) in [5, 5.41) is 8.48. The lowest BCUT2D eigenvalue weighted by atomic mass is 9.93. The van der Waals surface area contributed by atoms with Crippen LogP contribution in [-0.2, 0) is 4.79 Å². The SMILES string of the molecule is O=C1C=Cc2ccc3ccnnc3c2C1=O. The Bertz CT molecular complexity index is 659. The maximum atomic E-state index is 11.8. The van der Waals surface area contributed by atoms with E-state index >= 15 is 0 Å². The highest BCUT2D eigenvalue weighted by Crippen LogP contribution is 2.24. The summed E-state index contributed by atoms with van der Waals surface area (Å²) in [5.41, 5.74) is 1.57. The van der Waals surface area contributed by atoms with Gasteiger partial charge in [0.05, 0.1) is 11.8 Å². The maximum Gasteiger partial charge on any atom is 0.235 e. The van der Waals surface area contributed by atoms with Crippen LogP contribution in [0.5, 0.6) is 0 Å². The van der Waals surface area contributed by atoms with Gasteiger partial charge in [-0.1, -0.05) is 18.2 Å². The zero-order valence-electron chi connectivity index (χ0n) is 8.18. The Morgan fingerprint density at radius 2 is 1.88 bits per heavy atom. The predicted molar refractivity (Wildman–Crippen MR) is 57.9 cm³/mol. The molecule has 0 atom stereocenters. The molecule has 3 rings (SSSR count). The monoisotopic (exact) mass is 210 g/mol. The Balaban J connectivity index is 2.46. The molecule has 0 spiro atoms. The second-order valence-corrected chi connectivity index (χ2v) is 3.53. The van der Waals surface area contributed by atoms with Crippen LogP contribution >= 0.6 is 0 Å². The number of allylic oxidation sites excluding steroid dienone is 1. The highest BCUT2D eigenvalue weighted by Gasteiger charge is 2.23. The molecule has 1 heterocycles. The highest BCUT2D eigenvalue weighted by molar-refractivity contribution is 6.51. The number of ketones is 2. The largest absolute Gasteiger partial charge is 0.286 e. The second-order valence-electron chi connectivity index (χ2n) is 3.53. The molecule has 2 aromatic rings. The van der Waals surface area contributed by atoms with Crippen molar-refractivity contribution in [2.24, 2.45) is 0 Å². The molecule has 1 aromatic carbocycles. The molecule has 0 aliphatic heterocycles. The van der Waals surface area contributed by atoms with E-state index in [2.05, 4.69) is 10.2 Å². The summed E-state index contributed by atoms with van der Waals surface area (Å²) in [6, 6.07) is 5.43. The molecule has 0 unspecified atom stereocenters. The van der Waals surface area contributed by atoms with Gasteiger partial charge in [-0.3, -0.25) is 9.59 Å². The first-order valence-electron chi connectivity index (χ1n) is 4.78. The molecule has 0 saturated heterocycles. The number of aromatic nitrogens is 2. The zero-order valence-corrected chi connectivity index (χ0v) is 8.18. The van der Waals surface area contributed by atoms with E-state index in [-0.39, 0.29) is 0 Å². The van der Waals surface area contributed by atoms with E-state index in [1.807, 2.05) is 6.07 Å². The minimum absolute atomic E-state index is 0.359. The topological polar surface area (TPSA) is 59.9 Å². The summed E-state index contributed by atoms with van der Waals surface area (Å²) in [6.45, 7) is 0. The van der Waals surface area contributed by atoms with Gasteiger partial charge in [0.25, 0.3) is 0 Å². The normalized spacial score (nSPS) is 14.2. The summed E-state index contributed by atoms with van der Waals surface area (Å²) in [4.78, 5) is 23.1. The van der Waals surface area contributed by atoms with Crippen molar-refractivity contribution in [1.82, 2.24) is 10.2 Å². The number of hydrogen-bond donors (Lipinski definition) is 0. The lowest BCUT2D eigenvalue weighted by Gasteiger charge is -2.09. The fourth-order valence-corrected chi connectivity index (χ4v) is 1.81. The number of rotatable bonds is 0. The van der Waals surface area contributed by atoms with Crippen molar-refractivity contribution < 1.29 is 9.59 Å². The predicted octanol–water partition coefficient (Wildman–Crippen LogP) is 1.41. The Labute approximate surface area is 90.6 Å². The number of nitrogens with zero attached hydrogens (tertiary/aromatic N) is 2. The Morgan fingerprint density at radius 1 is 1.00 bits per heavy atom. The zero-order chi connectivity index (χ0) is 11.1.